The Morgan fingerprint density at radius 1 is 1.12 bits per heavy atom. The summed E-state index contributed by atoms with van der Waals surface area (Å²) < 4.78 is 15.0. The lowest BCUT2D eigenvalue weighted by Crippen LogP contribution is -2.36. The molecule has 1 aliphatic carbocycles. The fourth-order valence-electron chi connectivity index (χ4n) is 4.01. The van der Waals surface area contributed by atoms with Crippen molar-refractivity contribution in [2.45, 2.75) is 44.7 Å². The van der Waals surface area contributed by atoms with Crippen LogP contribution in [-0.4, -0.2) is 33.1 Å². The molecule has 1 saturated carbocycles. The second kappa shape index (κ2) is 8.18. The normalized spacial score (nSPS) is 16.4. The number of rotatable bonds is 5. The Morgan fingerprint density at radius 3 is 2.66 bits per heavy atom. The smallest absolute Gasteiger partial charge is 0.278 e. The van der Waals surface area contributed by atoms with Crippen LogP contribution in [0.4, 0.5) is 10.1 Å². The van der Waals surface area contributed by atoms with E-state index < -0.39 is 0 Å². The topological polar surface area (TPSA) is 80.1 Å². The van der Waals surface area contributed by atoms with E-state index in [9.17, 15) is 14.0 Å². The van der Waals surface area contributed by atoms with Gasteiger partial charge in [-0.25, -0.2) is 4.39 Å². The first-order valence-electron chi connectivity index (χ1n) is 10.9. The van der Waals surface area contributed by atoms with E-state index in [1.807, 2.05) is 29.9 Å². The van der Waals surface area contributed by atoms with Crippen LogP contribution >= 0.6 is 0 Å². The Morgan fingerprint density at radius 2 is 1.91 bits per heavy atom. The lowest BCUT2D eigenvalue weighted by Gasteiger charge is -2.29. The molecule has 1 fully saturated rings. The molecule has 2 aliphatic rings. The highest BCUT2D eigenvalue weighted by Gasteiger charge is 2.29. The van der Waals surface area contributed by atoms with Crippen LogP contribution in [0.25, 0.3) is 0 Å². The van der Waals surface area contributed by atoms with Crippen LogP contribution in [-0.2, 0) is 6.42 Å². The van der Waals surface area contributed by atoms with Crippen molar-refractivity contribution in [1.82, 2.24) is 20.1 Å². The van der Waals surface area contributed by atoms with Crippen LogP contribution in [0.2, 0.25) is 0 Å². The zero-order chi connectivity index (χ0) is 22.2. The van der Waals surface area contributed by atoms with E-state index in [4.69, 9.17) is 4.98 Å². The van der Waals surface area contributed by atoms with Crippen molar-refractivity contribution in [2.24, 2.45) is 0 Å². The van der Waals surface area contributed by atoms with Gasteiger partial charge in [-0.15, -0.1) is 0 Å². The van der Waals surface area contributed by atoms with E-state index in [0.717, 1.165) is 37.1 Å². The Labute approximate surface area is 185 Å². The highest BCUT2D eigenvalue weighted by atomic mass is 19.1. The number of fused-ring (bicyclic) bond motifs is 1. The van der Waals surface area contributed by atoms with E-state index in [1.54, 1.807) is 11.0 Å². The molecule has 164 valence electrons. The first-order valence-corrected chi connectivity index (χ1v) is 10.9. The maximum Gasteiger partial charge on any atom is 0.278 e. The Balaban J connectivity index is 1.32. The lowest BCUT2D eigenvalue weighted by atomic mass is 10.0. The molecule has 0 radical (unpaired) electrons. The molecule has 2 amide bonds. The number of nitrogens with zero attached hydrogens (tertiary/aromatic N) is 4. The van der Waals surface area contributed by atoms with Crippen LogP contribution in [0.5, 0.6) is 0 Å². The third-order valence-electron chi connectivity index (χ3n) is 5.95. The SMILES string of the molecule is CC(NC(=O)c1ccc(F)cc1)c1ccc2c(n1)CCCN2C(=O)c1ccn(C2CC2)n1. The van der Waals surface area contributed by atoms with E-state index in [1.165, 1.54) is 24.3 Å². The minimum atomic E-state index is -0.385. The van der Waals surface area contributed by atoms with Crippen molar-refractivity contribution in [3.05, 3.63) is 77.1 Å². The van der Waals surface area contributed by atoms with E-state index in [2.05, 4.69) is 10.4 Å². The zero-order valence-electron chi connectivity index (χ0n) is 17.8. The van der Waals surface area contributed by atoms with E-state index in [0.29, 0.717) is 29.5 Å². The van der Waals surface area contributed by atoms with Gasteiger partial charge in [0.05, 0.1) is 29.2 Å². The van der Waals surface area contributed by atoms with Crippen molar-refractivity contribution in [2.75, 3.05) is 11.4 Å². The van der Waals surface area contributed by atoms with Crippen molar-refractivity contribution in [1.29, 1.82) is 0 Å². The molecule has 8 heteroatoms. The summed E-state index contributed by atoms with van der Waals surface area (Å²) in [5.41, 5.74) is 3.19. The van der Waals surface area contributed by atoms with Gasteiger partial charge in [-0.2, -0.15) is 5.10 Å². The molecule has 0 spiro atoms. The molecule has 1 aromatic carbocycles. The minimum absolute atomic E-state index is 0.113. The molecule has 2 aromatic heterocycles. The van der Waals surface area contributed by atoms with E-state index in [-0.39, 0.29) is 23.7 Å². The maximum atomic E-state index is 13.1. The lowest BCUT2D eigenvalue weighted by molar-refractivity contribution is 0.0938. The third-order valence-corrected chi connectivity index (χ3v) is 5.95. The molecule has 3 heterocycles. The predicted molar refractivity (Wildman–Crippen MR) is 117 cm³/mol. The molecule has 1 N–H and O–H groups in total. The van der Waals surface area contributed by atoms with Crippen LogP contribution < -0.4 is 10.2 Å². The van der Waals surface area contributed by atoms with Gasteiger partial charge in [-0.05, 0) is 75.1 Å². The van der Waals surface area contributed by atoms with Gasteiger partial charge in [0.2, 0.25) is 0 Å². The summed E-state index contributed by atoms with van der Waals surface area (Å²) in [5, 5.41) is 7.37. The van der Waals surface area contributed by atoms with Gasteiger partial charge in [0, 0.05) is 18.3 Å². The molecule has 32 heavy (non-hydrogen) atoms. The fraction of sp³-hybridized carbons (Fsp3) is 0.333. The van der Waals surface area contributed by atoms with E-state index >= 15 is 0 Å². The summed E-state index contributed by atoms with van der Waals surface area (Å²) in [6, 6.07) is 11.0. The number of halogens is 1. The quantitative estimate of drug-likeness (QED) is 0.663. The van der Waals surface area contributed by atoms with Gasteiger partial charge in [-0.1, -0.05) is 0 Å². The number of nitrogens with one attached hydrogen (secondary N) is 1. The Kier molecular flexibility index (Phi) is 5.20. The number of carbonyl (C=O) groups is 2. The third kappa shape index (κ3) is 4.00. The number of benzene rings is 1. The van der Waals surface area contributed by atoms with Gasteiger partial charge in [0.25, 0.3) is 11.8 Å². The summed E-state index contributed by atoms with van der Waals surface area (Å²) in [6.45, 7) is 2.48. The maximum absolute atomic E-state index is 13.1. The Hall–Kier alpha value is -3.55. The molecule has 0 bridgehead atoms. The number of aryl methyl sites for hydroxylation is 1. The number of hydrogen-bond donors (Lipinski definition) is 1. The number of hydrogen-bond acceptors (Lipinski definition) is 4. The van der Waals surface area contributed by atoms with Crippen molar-refractivity contribution in [3.8, 4) is 0 Å². The fourth-order valence-corrected chi connectivity index (χ4v) is 4.01. The van der Waals surface area contributed by atoms with Crippen LogP contribution in [0.15, 0.2) is 48.7 Å². The van der Waals surface area contributed by atoms with Gasteiger partial charge in [0.1, 0.15) is 5.82 Å². The number of pyridine rings is 1. The van der Waals surface area contributed by atoms with Crippen molar-refractivity contribution in [3.63, 3.8) is 0 Å². The highest BCUT2D eigenvalue weighted by molar-refractivity contribution is 6.05. The Bertz CT molecular complexity index is 1170. The van der Waals surface area contributed by atoms with Gasteiger partial charge in [0.15, 0.2) is 5.69 Å². The largest absolute Gasteiger partial charge is 0.344 e. The summed E-state index contributed by atoms with van der Waals surface area (Å²) in [4.78, 5) is 32.1. The summed E-state index contributed by atoms with van der Waals surface area (Å²) >= 11 is 0. The van der Waals surface area contributed by atoms with Gasteiger partial charge in [-0.3, -0.25) is 19.3 Å². The van der Waals surface area contributed by atoms with Crippen molar-refractivity contribution >= 4 is 17.5 Å². The summed E-state index contributed by atoms with van der Waals surface area (Å²) in [7, 11) is 0. The van der Waals surface area contributed by atoms with Crippen LogP contribution in [0, 0.1) is 5.82 Å². The standard InChI is InChI=1S/C24H24FN5O2/c1-15(26-23(31)16-4-6-17(25)7-5-16)19-10-11-22-20(27-19)3-2-13-29(22)24(32)21-12-14-30(28-21)18-8-9-18/h4-7,10-12,14-15,18H,2-3,8-9,13H2,1H3,(H,26,31). The second-order valence-corrected chi connectivity index (χ2v) is 8.38. The van der Waals surface area contributed by atoms with Crippen LogP contribution in [0.3, 0.4) is 0 Å². The summed E-state index contributed by atoms with van der Waals surface area (Å²) in [5.74, 6) is -0.790. The molecular formula is C24H24FN5O2. The molecule has 1 unspecified atom stereocenters. The second-order valence-electron chi connectivity index (χ2n) is 8.38. The summed E-state index contributed by atoms with van der Waals surface area (Å²) in [6.07, 6.45) is 5.69. The van der Waals surface area contributed by atoms with Gasteiger partial charge >= 0.3 is 0 Å². The average Bonchev–Trinajstić information content (AvgIpc) is 3.54. The zero-order valence-corrected chi connectivity index (χ0v) is 17.8. The average molecular weight is 433 g/mol. The molecule has 0 saturated heterocycles. The number of carbonyl (C=O) groups excluding carboxylic acids is 2. The highest BCUT2D eigenvalue weighted by Crippen LogP contribution is 2.34. The molecule has 1 aliphatic heterocycles. The van der Waals surface area contributed by atoms with Crippen molar-refractivity contribution < 1.29 is 14.0 Å². The number of amides is 2. The number of anilines is 1. The molecule has 7 nitrogen and oxygen atoms in total. The molecular weight excluding hydrogens is 409 g/mol. The first-order chi connectivity index (χ1) is 15.5. The van der Waals surface area contributed by atoms with Crippen LogP contribution in [0.1, 0.15) is 70.5 Å². The molecule has 1 atom stereocenters. The molecule has 3 aromatic rings. The minimum Gasteiger partial charge on any atom is -0.344 e. The first kappa shape index (κ1) is 20.4. The molecule has 5 rings (SSSR count). The van der Waals surface area contributed by atoms with Gasteiger partial charge < -0.3 is 10.2 Å². The number of aromatic nitrogens is 3. The predicted octanol–water partition coefficient (Wildman–Crippen LogP) is 3.84. The monoisotopic (exact) mass is 433 g/mol.